The third kappa shape index (κ3) is 6.95. The van der Waals surface area contributed by atoms with Gasteiger partial charge >= 0.3 is 0 Å². The SMILES string of the molecule is CN=C(NCCc1cccc(C(=O)NC)c1)NCCN1CCN(c2ccc(F)cc2)CC1. The Bertz CT molecular complexity index is 894. The number of halogens is 1. The number of anilines is 1. The van der Waals surface area contributed by atoms with E-state index in [1.165, 1.54) is 12.1 Å². The number of nitrogens with zero attached hydrogens (tertiary/aromatic N) is 3. The number of nitrogens with one attached hydrogen (secondary N) is 3. The lowest BCUT2D eigenvalue weighted by Crippen LogP contribution is -2.49. The number of benzene rings is 2. The number of piperazine rings is 1. The number of carbonyl (C=O) groups is 1. The highest BCUT2D eigenvalue weighted by Gasteiger charge is 2.17. The van der Waals surface area contributed by atoms with Crippen molar-refractivity contribution in [1.82, 2.24) is 20.9 Å². The van der Waals surface area contributed by atoms with Crippen LogP contribution in [0.15, 0.2) is 53.5 Å². The van der Waals surface area contributed by atoms with Gasteiger partial charge in [-0.3, -0.25) is 14.7 Å². The molecule has 0 saturated carbocycles. The lowest BCUT2D eigenvalue weighted by molar-refractivity contribution is 0.0963. The molecule has 1 heterocycles. The number of carbonyl (C=O) groups excluding carboxylic acids is 1. The predicted octanol–water partition coefficient (Wildman–Crippen LogP) is 1.72. The van der Waals surface area contributed by atoms with Gasteiger partial charge in [0.25, 0.3) is 5.91 Å². The summed E-state index contributed by atoms with van der Waals surface area (Å²) in [5, 5.41) is 9.35. The highest BCUT2D eigenvalue weighted by atomic mass is 19.1. The zero-order chi connectivity index (χ0) is 22.8. The third-order valence-electron chi connectivity index (χ3n) is 5.63. The van der Waals surface area contributed by atoms with Crippen LogP contribution in [0.1, 0.15) is 15.9 Å². The summed E-state index contributed by atoms with van der Waals surface area (Å²) in [6.07, 6.45) is 0.802. The molecule has 0 radical (unpaired) electrons. The summed E-state index contributed by atoms with van der Waals surface area (Å²) in [6, 6.07) is 14.4. The number of hydrogen-bond donors (Lipinski definition) is 3. The largest absolute Gasteiger partial charge is 0.369 e. The Balaban J connectivity index is 1.34. The van der Waals surface area contributed by atoms with Gasteiger partial charge in [0.15, 0.2) is 5.96 Å². The van der Waals surface area contributed by atoms with Crippen LogP contribution in [0.25, 0.3) is 0 Å². The van der Waals surface area contributed by atoms with E-state index in [9.17, 15) is 9.18 Å². The summed E-state index contributed by atoms with van der Waals surface area (Å²) in [6.45, 7) is 6.31. The van der Waals surface area contributed by atoms with Gasteiger partial charge in [0, 0.05) is 71.2 Å². The Morgan fingerprint density at radius 2 is 1.75 bits per heavy atom. The van der Waals surface area contributed by atoms with Gasteiger partial charge in [-0.2, -0.15) is 0 Å². The Kier molecular flexibility index (Phi) is 8.86. The summed E-state index contributed by atoms with van der Waals surface area (Å²) < 4.78 is 13.1. The molecular formula is C24H33FN6O. The zero-order valence-corrected chi connectivity index (χ0v) is 18.9. The Hall–Kier alpha value is -3.13. The molecule has 1 fully saturated rings. The van der Waals surface area contributed by atoms with Gasteiger partial charge in [0.2, 0.25) is 0 Å². The normalized spacial score (nSPS) is 14.8. The number of aliphatic imine (C=N–C) groups is 1. The maximum absolute atomic E-state index is 13.1. The van der Waals surface area contributed by atoms with Gasteiger partial charge in [-0.25, -0.2) is 4.39 Å². The molecule has 2 aromatic carbocycles. The molecular weight excluding hydrogens is 407 g/mol. The van der Waals surface area contributed by atoms with Crippen LogP contribution in [0.4, 0.5) is 10.1 Å². The van der Waals surface area contributed by atoms with Gasteiger partial charge in [0.1, 0.15) is 5.82 Å². The van der Waals surface area contributed by atoms with E-state index in [2.05, 4.69) is 30.7 Å². The second kappa shape index (κ2) is 12.0. The van der Waals surface area contributed by atoms with Gasteiger partial charge in [0.05, 0.1) is 0 Å². The summed E-state index contributed by atoms with van der Waals surface area (Å²) in [5.41, 5.74) is 2.86. The minimum absolute atomic E-state index is 0.0733. The van der Waals surface area contributed by atoms with Gasteiger partial charge in [-0.1, -0.05) is 12.1 Å². The van der Waals surface area contributed by atoms with E-state index >= 15 is 0 Å². The number of guanidine groups is 1. The van der Waals surface area contributed by atoms with Crippen LogP contribution in [-0.2, 0) is 6.42 Å². The van der Waals surface area contributed by atoms with Crippen LogP contribution in [0.2, 0.25) is 0 Å². The minimum atomic E-state index is -0.196. The molecule has 1 aliphatic rings. The van der Waals surface area contributed by atoms with Crippen LogP contribution >= 0.6 is 0 Å². The summed E-state index contributed by atoms with van der Waals surface area (Å²) >= 11 is 0. The Labute approximate surface area is 189 Å². The van der Waals surface area contributed by atoms with Crippen LogP contribution in [0.3, 0.4) is 0 Å². The summed E-state index contributed by atoms with van der Waals surface area (Å²) in [7, 11) is 3.40. The Morgan fingerprint density at radius 1 is 1.03 bits per heavy atom. The van der Waals surface area contributed by atoms with Crippen LogP contribution in [0, 0.1) is 5.82 Å². The molecule has 1 saturated heterocycles. The highest BCUT2D eigenvalue weighted by Crippen LogP contribution is 2.16. The second-order valence-corrected chi connectivity index (χ2v) is 7.76. The van der Waals surface area contributed by atoms with Crippen molar-refractivity contribution in [3.63, 3.8) is 0 Å². The molecule has 1 aliphatic heterocycles. The molecule has 7 nitrogen and oxygen atoms in total. The summed E-state index contributed by atoms with van der Waals surface area (Å²) in [5.74, 6) is 0.506. The van der Waals surface area contributed by atoms with Crippen molar-refractivity contribution in [2.75, 3.05) is 64.8 Å². The van der Waals surface area contributed by atoms with E-state index in [0.29, 0.717) is 5.56 Å². The Morgan fingerprint density at radius 3 is 2.44 bits per heavy atom. The maximum atomic E-state index is 13.1. The molecule has 0 aliphatic carbocycles. The topological polar surface area (TPSA) is 72.0 Å². The second-order valence-electron chi connectivity index (χ2n) is 7.76. The first-order valence-corrected chi connectivity index (χ1v) is 11.1. The number of rotatable bonds is 8. The number of amides is 1. The third-order valence-corrected chi connectivity index (χ3v) is 5.63. The molecule has 2 aromatic rings. The van der Waals surface area contributed by atoms with Gasteiger partial charge < -0.3 is 20.9 Å². The van der Waals surface area contributed by atoms with Crippen molar-refractivity contribution in [2.24, 2.45) is 4.99 Å². The van der Waals surface area contributed by atoms with Crippen molar-refractivity contribution in [2.45, 2.75) is 6.42 Å². The molecule has 3 rings (SSSR count). The van der Waals surface area contributed by atoms with E-state index in [1.807, 2.05) is 36.4 Å². The molecule has 0 spiro atoms. The first kappa shape index (κ1) is 23.5. The average molecular weight is 441 g/mol. The molecule has 32 heavy (non-hydrogen) atoms. The van der Waals surface area contributed by atoms with Crippen molar-refractivity contribution in [3.05, 3.63) is 65.5 Å². The fourth-order valence-corrected chi connectivity index (χ4v) is 3.77. The average Bonchev–Trinajstić information content (AvgIpc) is 2.83. The van der Waals surface area contributed by atoms with Gasteiger partial charge in [-0.15, -0.1) is 0 Å². The first-order valence-electron chi connectivity index (χ1n) is 11.1. The molecule has 0 unspecified atom stereocenters. The zero-order valence-electron chi connectivity index (χ0n) is 18.9. The number of hydrogen-bond acceptors (Lipinski definition) is 4. The smallest absolute Gasteiger partial charge is 0.251 e. The summed E-state index contributed by atoms with van der Waals surface area (Å²) in [4.78, 5) is 20.8. The quantitative estimate of drug-likeness (QED) is 0.431. The monoisotopic (exact) mass is 440 g/mol. The molecule has 0 aromatic heterocycles. The minimum Gasteiger partial charge on any atom is -0.369 e. The van der Waals surface area contributed by atoms with Crippen molar-refractivity contribution in [1.29, 1.82) is 0 Å². The van der Waals surface area contributed by atoms with E-state index in [0.717, 1.165) is 69.4 Å². The molecule has 0 bridgehead atoms. The van der Waals surface area contributed by atoms with Gasteiger partial charge in [-0.05, 0) is 48.4 Å². The first-order chi connectivity index (χ1) is 15.6. The van der Waals surface area contributed by atoms with Crippen LogP contribution in [-0.4, -0.2) is 76.7 Å². The predicted molar refractivity (Wildman–Crippen MR) is 128 cm³/mol. The molecule has 3 N–H and O–H groups in total. The fraction of sp³-hybridized carbons (Fsp3) is 0.417. The molecule has 1 amide bonds. The molecule has 8 heteroatoms. The maximum Gasteiger partial charge on any atom is 0.251 e. The molecule has 172 valence electrons. The van der Waals surface area contributed by atoms with Crippen molar-refractivity contribution in [3.8, 4) is 0 Å². The van der Waals surface area contributed by atoms with E-state index in [4.69, 9.17) is 0 Å². The van der Waals surface area contributed by atoms with E-state index in [-0.39, 0.29) is 11.7 Å². The molecule has 0 atom stereocenters. The van der Waals surface area contributed by atoms with Crippen LogP contribution < -0.4 is 20.9 Å². The lowest BCUT2D eigenvalue weighted by Gasteiger charge is -2.36. The standard InChI is InChI=1S/C24H33FN6O/c1-26-23(32)20-5-3-4-19(18-20)10-11-28-24(27-2)29-12-13-30-14-16-31(17-15-30)22-8-6-21(25)7-9-22/h3-9,18H,10-17H2,1-2H3,(H,26,32)(H2,27,28,29). The van der Waals surface area contributed by atoms with Crippen molar-refractivity contribution < 1.29 is 9.18 Å². The highest BCUT2D eigenvalue weighted by molar-refractivity contribution is 5.94. The van der Waals surface area contributed by atoms with E-state index in [1.54, 1.807) is 14.1 Å². The fourth-order valence-electron chi connectivity index (χ4n) is 3.77. The van der Waals surface area contributed by atoms with Crippen molar-refractivity contribution >= 4 is 17.6 Å². The van der Waals surface area contributed by atoms with Crippen LogP contribution in [0.5, 0.6) is 0 Å². The van der Waals surface area contributed by atoms with E-state index < -0.39 is 0 Å². The lowest BCUT2D eigenvalue weighted by atomic mass is 10.1.